The summed E-state index contributed by atoms with van der Waals surface area (Å²) in [5.41, 5.74) is 0. The fourth-order valence-corrected chi connectivity index (χ4v) is 1.60. The maximum absolute atomic E-state index is 11.3. The number of amides is 1. The lowest BCUT2D eigenvalue weighted by molar-refractivity contribution is -0.122. The molecule has 0 heterocycles. The summed E-state index contributed by atoms with van der Waals surface area (Å²) in [5, 5.41) is 11.7. The number of hydrogen-bond acceptors (Lipinski definition) is 2. The first-order valence-corrected chi connectivity index (χ1v) is 4.63. The lowest BCUT2D eigenvalue weighted by atomic mass is 10.3. The van der Waals surface area contributed by atoms with E-state index < -0.39 is 0 Å². The highest BCUT2D eigenvalue weighted by Crippen LogP contribution is 2.39. The van der Waals surface area contributed by atoms with Crippen molar-refractivity contribution in [2.24, 2.45) is 17.8 Å². The molecule has 0 aliphatic heterocycles. The molecule has 0 aromatic heterocycles. The third-order valence-electron chi connectivity index (χ3n) is 2.93. The molecule has 2 rings (SSSR count). The summed E-state index contributed by atoms with van der Waals surface area (Å²) in [4.78, 5) is 11.3. The predicted octanol–water partition coefficient (Wildman–Crippen LogP) is 0.139. The zero-order valence-corrected chi connectivity index (χ0v) is 7.29. The molecule has 0 saturated heterocycles. The summed E-state index contributed by atoms with van der Waals surface area (Å²) in [6.07, 6.45) is 2.01. The summed E-state index contributed by atoms with van der Waals surface area (Å²) in [5.74, 6) is 1.38. The smallest absolute Gasteiger partial charge is 0.223 e. The predicted molar refractivity (Wildman–Crippen MR) is 44.4 cm³/mol. The third kappa shape index (κ3) is 1.46. The molecule has 0 bridgehead atoms. The van der Waals surface area contributed by atoms with Crippen LogP contribution in [0.25, 0.3) is 0 Å². The second-order valence-electron chi connectivity index (χ2n) is 4.11. The first-order valence-electron chi connectivity index (χ1n) is 4.63. The second kappa shape index (κ2) is 2.73. The van der Waals surface area contributed by atoms with Crippen molar-refractivity contribution in [3.63, 3.8) is 0 Å². The maximum atomic E-state index is 11.3. The van der Waals surface area contributed by atoms with Crippen LogP contribution in [-0.4, -0.2) is 23.7 Å². The van der Waals surface area contributed by atoms with Crippen molar-refractivity contribution in [2.45, 2.75) is 25.8 Å². The Morgan fingerprint density at radius 3 is 2.67 bits per heavy atom. The van der Waals surface area contributed by atoms with Gasteiger partial charge in [0, 0.05) is 24.5 Å². The van der Waals surface area contributed by atoms with Crippen LogP contribution in [-0.2, 0) is 4.79 Å². The van der Waals surface area contributed by atoms with E-state index in [-0.39, 0.29) is 24.5 Å². The summed E-state index contributed by atoms with van der Waals surface area (Å²) in [6, 6.07) is 0.273. The normalized spacial score (nSPS) is 43.8. The van der Waals surface area contributed by atoms with Crippen LogP contribution < -0.4 is 5.32 Å². The maximum Gasteiger partial charge on any atom is 0.223 e. The third-order valence-corrected chi connectivity index (χ3v) is 2.93. The summed E-state index contributed by atoms with van der Waals surface area (Å²) < 4.78 is 0. The Hall–Kier alpha value is -0.570. The molecule has 1 amide bonds. The van der Waals surface area contributed by atoms with E-state index in [1.807, 2.05) is 0 Å². The van der Waals surface area contributed by atoms with Crippen molar-refractivity contribution in [3.05, 3.63) is 0 Å². The molecule has 3 heteroatoms. The van der Waals surface area contributed by atoms with Crippen molar-refractivity contribution in [1.29, 1.82) is 0 Å². The van der Waals surface area contributed by atoms with Crippen LogP contribution >= 0.6 is 0 Å². The molecule has 2 saturated carbocycles. The van der Waals surface area contributed by atoms with E-state index in [1.54, 1.807) is 0 Å². The average molecular weight is 169 g/mol. The highest BCUT2D eigenvalue weighted by molar-refractivity contribution is 5.82. The fraction of sp³-hybridized carbons (Fsp3) is 0.889. The van der Waals surface area contributed by atoms with Gasteiger partial charge in [-0.05, 0) is 18.8 Å². The number of nitrogens with one attached hydrogen (secondary N) is 1. The van der Waals surface area contributed by atoms with Crippen LogP contribution in [0, 0.1) is 17.8 Å². The van der Waals surface area contributed by atoms with Crippen molar-refractivity contribution in [1.82, 2.24) is 5.32 Å². The first-order chi connectivity index (χ1) is 5.72. The van der Waals surface area contributed by atoms with Gasteiger partial charge in [-0.1, -0.05) is 6.92 Å². The van der Waals surface area contributed by atoms with Crippen LogP contribution in [0.15, 0.2) is 0 Å². The zero-order chi connectivity index (χ0) is 8.72. The van der Waals surface area contributed by atoms with Gasteiger partial charge in [-0.3, -0.25) is 4.79 Å². The van der Waals surface area contributed by atoms with Crippen molar-refractivity contribution in [3.8, 4) is 0 Å². The molecule has 0 aromatic carbocycles. The molecule has 0 radical (unpaired) electrons. The number of rotatable bonds is 3. The molecule has 4 atom stereocenters. The van der Waals surface area contributed by atoms with E-state index in [4.69, 9.17) is 5.11 Å². The summed E-state index contributed by atoms with van der Waals surface area (Å²) in [6.45, 7) is 2.31. The highest BCUT2D eigenvalue weighted by atomic mass is 16.3. The largest absolute Gasteiger partial charge is 0.396 e. The van der Waals surface area contributed by atoms with E-state index in [0.29, 0.717) is 11.8 Å². The molecule has 12 heavy (non-hydrogen) atoms. The molecule has 2 aliphatic carbocycles. The standard InChI is InChI=1S/C9H15NO2/c1-5-2-7(5)9(12)10-8-3-6(8)4-11/h5-8,11H,2-4H2,1H3,(H,10,12)/t5-,6?,7-,8?/m1/s1. The van der Waals surface area contributed by atoms with Crippen molar-refractivity contribution >= 4 is 5.91 Å². The Balaban J connectivity index is 1.71. The SMILES string of the molecule is C[C@@H]1C[C@H]1C(=O)NC1CC1CO. The molecule has 2 unspecified atom stereocenters. The topological polar surface area (TPSA) is 49.3 Å². The molecular formula is C9H15NO2. The zero-order valence-electron chi connectivity index (χ0n) is 7.29. The minimum absolute atomic E-state index is 0.198. The Morgan fingerprint density at radius 2 is 2.25 bits per heavy atom. The van der Waals surface area contributed by atoms with Gasteiger partial charge in [0.05, 0.1) is 0 Å². The molecule has 3 nitrogen and oxygen atoms in total. The van der Waals surface area contributed by atoms with Gasteiger partial charge in [-0.2, -0.15) is 0 Å². The van der Waals surface area contributed by atoms with E-state index in [0.717, 1.165) is 12.8 Å². The lowest BCUT2D eigenvalue weighted by Crippen LogP contribution is -2.29. The molecule has 2 aliphatic rings. The molecular weight excluding hydrogens is 154 g/mol. The van der Waals surface area contributed by atoms with Gasteiger partial charge in [0.2, 0.25) is 5.91 Å². The van der Waals surface area contributed by atoms with Gasteiger partial charge < -0.3 is 10.4 Å². The van der Waals surface area contributed by atoms with Gasteiger partial charge >= 0.3 is 0 Å². The van der Waals surface area contributed by atoms with Crippen LogP contribution in [0.1, 0.15) is 19.8 Å². The molecule has 68 valence electrons. The highest BCUT2D eigenvalue weighted by Gasteiger charge is 2.44. The number of aliphatic hydroxyl groups excluding tert-OH is 1. The minimum atomic E-state index is 0.198. The molecule has 0 spiro atoms. The summed E-state index contributed by atoms with van der Waals surface area (Å²) >= 11 is 0. The number of carbonyl (C=O) groups excluding carboxylic acids is 1. The first kappa shape index (κ1) is 8.05. The van der Waals surface area contributed by atoms with Gasteiger partial charge in [-0.15, -0.1) is 0 Å². The Labute approximate surface area is 72.2 Å². The van der Waals surface area contributed by atoms with Crippen LogP contribution in [0.3, 0.4) is 0 Å². The van der Waals surface area contributed by atoms with Gasteiger partial charge in [0.15, 0.2) is 0 Å². The number of carbonyl (C=O) groups is 1. The van der Waals surface area contributed by atoms with E-state index in [1.165, 1.54) is 0 Å². The molecule has 2 N–H and O–H groups in total. The fourth-order valence-electron chi connectivity index (χ4n) is 1.60. The van der Waals surface area contributed by atoms with Crippen molar-refractivity contribution in [2.75, 3.05) is 6.61 Å². The number of aliphatic hydroxyl groups is 1. The van der Waals surface area contributed by atoms with E-state index in [2.05, 4.69) is 12.2 Å². The van der Waals surface area contributed by atoms with Gasteiger partial charge in [0.1, 0.15) is 0 Å². The van der Waals surface area contributed by atoms with Gasteiger partial charge in [-0.25, -0.2) is 0 Å². The monoisotopic (exact) mass is 169 g/mol. The van der Waals surface area contributed by atoms with Crippen LogP contribution in [0.4, 0.5) is 0 Å². The second-order valence-corrected chi connectivity index (χ2v) is 4.11. The quantitative estimate of drug-likeness (QED) is 0.631. The lowest BCUT2D eigenvalue weighted by Gasteiger charge is -2.01. The van der Waals surface area contributed by atoms with E-state index >= 15 is 0 Å². The minimum Gasteiger partial charge on any atom is -0.396 e. The van der Waals surface area contributed by atoms with Crippen LogP contribution in [0.2, 0.25) is 0 Å². The molecule has 0 aromatic rings. The van der Waals surface area contributed by atoms with Crippen molar-refractivity contribution < 1.29 is 9.90 Å². The Kier molecular flexibility index (Phi) is 1.83. The Bertz CT molecular complexity index is 205. The average Bonchev–Trinajstić information content (AvgIpc) is 2.88. The molecule has 2 fully saturated rings. The van der Waals surface area contributed by atoms with E-state index in [9.17, 15) is 4.79 Å². The number of hydrogen-bond donors (Lipinski definition) is 2. The summed E-state index contributed by atoms with van der Waals surface area (Å²) in [7, 11) is 0. The van der Waals surface area contributed by atoms with Crippen LogP contribution in [0.5, 0.6) is 0 Å². The van der Waals surface area contributed by atoms with Gasteiger partial charge in [0.25, 0.3) is 0 Å². The Morgan fingerprint density at radius 1 is 1.58 bits per heavy atom.